The van der Waals surface area contributed by atoms with Gasteiger partial charge in [0.05, 0.1) is 11.5 Å². The Labute approximate surface area is 142 Å². The molecule has 1 aliphatic heterocycles. The molecule has 2 rings (SSSR count). The van der Waals surface area contributed by atoms with E-state index in [2.05, 4.69) is 4.72 Å². The largest absolute Gasteiger partial charge is 0.342 e. The molecule has 5 nitrogen and oxygen atoms in total. The van der Waals surface area contributed by atoms with Crippen molar-refractivity contribution in [2.24, 2.45) is 0 Å². The van der Waals surface area contributed by atoms with Crippen LogP contribution < -0.4 is 4.72 Å². The van der Waals surface area contributed by atoms with Crippen molar-refractivity contribution in [2.75, 3.05) is 19.3 Å². The van der Waals surface area contributed by atoms with Crippen LogP contribution in [0.15, 0.2) is 29.2 Å². The van der Waals surface area contributed by atoms with Crippen molar-refractivity contribution in [3.8, 4) is 0 Å². The molecule has 0 spiro atoms. The summed E-state index contributed by atoms with van der Waals surface area (Å²) in [5.41, 5.74) is 1.20. The molecule has 1 atom stereocenters. The summed E-state index contributed by atoms with van der Waals surface area (Å²) in [6, 6.07) is 8.09. The Morgan fingerprint density at radius 2 is 1.83 bits per heavy atom. The van der Waals surface area contributed by atoms with Crippen LogP contribution in [-0.4, -0.2) is 49.9 Å². The van der Waals surface area contributed by atoms with Crippen LogP contribution in [0.2, 0.25) is 0 Å². The number of likely N-dealkylation sites (tertiary alicyclic amines) is 1. The fourth-order valence-corrected chi connectivity index (χ4v) is 4.44. The Balaban J connectivity index is 1.85. The Hall–Kier alpha value is -1.05. The minimum atomic E-state index is -3.18. The number of carbonyl (C=O) groups is 1. The van der Waals surface area contributed by atoms with Gasteiger partial charge >= 0.3 is 0 Å². The molecule has 1 amide bonds. The first-order chi connectivity index (χ1) is 10.7. The Morgan fingerprint density at radius 1 is 1.26 bits per heavy atom. The molecule has 1 heterocycles. The lowest BCUT2D eigenvalue weighted by molar-refractivity contribution is -0.131. The lowest BCUT2D eigenvalue weighted by Crippen LogP contribution is -2.48. The van der Waals surface area contributed by atoms with Crippen molar-refractivity contribution >= 4 is 27.7 Å². The first kappa shape index (κ1) is 18.3. The number of amides is 1. The molecule has 1 aromatic carbocycles. The van der Waals surface area contributed by atoms with Crippen molar-refractivity contribution in [1.82, 2.24) is 9.62 Å². The summed E-state index contributed by atoms with van der Waals surface area (Å²) in [4.78, 5) is 15.5. The second-order valence-corrected chi connectivity index (χ2v) is 9.26. The number of sulfonamides is 1. The highest BCUT2D eigenvalue weighted by Crippen LogP contribution is 2.25. The summed E-state index contributed by atoms with van der Waals surface area (Å²) in [6.07, 6.45) is 2.51. The number of nitrogens with zero attached hydrogens (tertiary/aromatic N) is 1. The molecule has 0 radical (unpaired) electrons. The fraction of sp³-hybridized carbons (Fsp3) is 0.562. The average molecular weight is 357 g/mol. The SMILES string of the molecule is Cc1ccc(SC(C)C(=O)N2CCC(NS(C)(=O)=O)CC2)cc1. The Morgan fingerprint density at radius 3 is 2.35 bits per heavy atom. The van der Waals surface area contributed by atoms with Crippen LogP contribution in [0.3, 0.4) is 0 Å². The number of rotatable bonds is 5. The third-order valence-corrected chi connectivity index (χ3v) is 5.73. The molecule has 1 aliphatic rings. The van der Waals surface area contributed by atoms with Crippen LogP contribution in [0.4, 0.5) is 0 Å². The fourth-order valence-electron chi connectivity index (χ4n) is 2.65. The second kappa shape index (κ2) is 7.68. The van der Waals surface area contributed by atoms with E-state index in [-0.39, 0.29) is 17.2 Å². The number of hydrogen-bond donors (Lipinski definition) is 1. The van der Waals surface area contributed by atoms with Crippen molar-refractivity contribution in [3.05, 3.63) is 29.8 Å². The van der Waals surface area contributed by atoms with E-state index in [0.29, 0.717) is 25.9 Å². The Kier molecular flexibility index (Phi) is 6.11. The quantitative estimate of drug-likeness (QED) is 0.820. The Bertz CT molecular complexity index is 636. The van der Waals surface area contributed by atoms with Gasteiger partial charge in [-0.3, -0.25) is 4.79 Å². The van der Waals surface area contributed by atoms with Gasteiger partial charge in [-0.05, 0) is 38.8 Å². The third-order valence-electron chi connectivity index (χ3n) is 3.87. The predicted molar refractivity (Wildman–Crippen MR) is 94.1 cm³/mol. The minimum Gasteiger partial charge on any atom is -0.342 e. The zero-order valence-corrected chi connectivity index (χ0v) is 15.4. The maximum Gasteiger partial charge on any atom is 0.235 e. The molecule has 0 bridgehead atoms. The van der Waals surface area contributed by atoms with Gasteiger partial charge in [0.1, 0.15) is 0 Å². The van der Waals surface area contributed by atoms with E-state index < -0.39 is 10.0 Å². The van der Waals surface area contributed by atoms with Crippen molar-refractivity contribution < 1.29 is 13.2 Å². The average Bonchev–Trinajstić information content (AvgIpc) is 2.48. The van der Waals surface area contributed by atoms with Crippen LogP contribution in [0.25, 0.3) is 0 Å². The predicted octanol–water partition coefficient (Wildman–Crippen LogP) is 2.02. The molecule has 0 aliphatic carbocycles. The van der Waals surface area contributed by atoms with Gasteiger partial charge in [-0.25, -0.2) is 13.1 Å². The van der Waals surface area contributed by atoms with E-state index in [4.69, 9.17) is 0 Å². The highest BCUT2D eigenvalue weighted by molar-refractivity contribution is 8.00. The number of nitrogens with one attached hydrogen (secondary N) is 1. The van der Waals surface area contributed by atoms with Gasteiger partial charge in [-0.1, -0.05) is 17.7 Å². The monoisotopic (exact) mass is 356 g/mol. The molecule has 128 valence electrons. The third kappa shape index (κ3) is 5.82. The molecule has 1 fully saturated rings. The standard InChI is InChI=1S/C16H24N2O3S2/c1-12-4-6-15(7-5-12)22-13(2)16(19)18-10-8-14(9-11-18)17-23(3,20)21/h4-7,13-14,17H,8-11H2,1-3H3. The highest BCUT2D eigenvalue weighted by Gasteiger charge is 2.27. The second-order valence-electron chi connectivity index (χ2n) is 6.06. The number of piperidine rings is 1. The molecule has 0 aromatic heterocycles. The molecule has 1 N–H and O–H groups in total. The minimum absolute atomic E-state index is 0.0610. The molecule has 23 heavy (non-hydrogen) atoms. The smallest absolute Gasteiger partial charge is 0.235 e. The van der Waals surface area contributed by atoms with Gasteiger partial charge in [0.2, 0.25) is 15.9 Å². The maximum atomic E-state index is 12.5. The number of hydrogen-bond acceptors (Lipinski definition) is 4. The molecule has 7 heteroatoms. The molecule has 1 saturated heterocycles. The summed E-state index contributed by atoms with van der Waals surface area (Å²) >= 11 is 1.56. The van der Waals surface area contributed by atoms with Crippen LogP contribution in [-0.2, 0) is 14.8 Å². The van der Waals surface area contributed by atoms with Gasteiger partial charge in [-0.15, -0.1) is 11.8 Å². The zero-order valence-electron chi connectivity index (χ0n) is 13.8. The lowest BCUT2D eigenvalue weighted by Gasteiger charge is -2.33. The van der Waals surface area contributed by atoms with Crippen molar-refractivity contribution in [3.63, 3.8) is 0 Å². The van der Waals surface area contributed by atoms with E-state index >= 15 is 0 Å². The van der Waals surface area contributed by atoms with E-state index in [0.717, 1.165) is 4.90 Å². The van der Waals surface area contributed by atoms with Crippen LogP contribution in [0, 0.1) is 6.92 Å². The molecular weight excluding hydrogens is 332 g/mol. The summed E-state index contributed by atoms with van der Waals surface area (Å²) in [7, 11) is -3.18. The highest BCUT2D eigenvalue weighted by atomic mass is 32.2. The normalized spacial score (nSPS) is 18.0. The number of carbonyl (C=O) groups excluding carboxylic acids is 1. The van der Waals surface area contributed by atoms with E-state index in [9.17, 15) is 13.2 Å². The number of aryl methyl sites for hydroxylation is 1. The summed E-state index contributed by atoms with van der Waals surface area (Å²) in [6.45, 7) is 5.17. The van der Waals surface area contributed by atoms with Gasteiger partial charge in [0.25, 0.3) is 0 Å². The summed E-state index contributed by atoms with van der Waals surface area (Å²) < 4.78 is 25.1. The lowest BCUT2D eigenvalue weighted by atomic mass is 10.1. The van der Waals surface area contributed by atoms with Gasteiger partial charge in [0.15, 0.2) is 0 Å². The zero-order chi connectivity index (χ0) is 17.0. The van der Waals surface area contributed by atoms with E-state index in [1.807, 2.05) is 43.0 Å². The summed E-state index contributed by atoms with van der Waals surface area (Å²) in [5.74, 6) is 0.119. The topological polar surface area (TPSA) is 66.5 Å². The first-order valence-electron chi connectivity index (χ1n) is 7.74. The molecule has 1 unspecified atom stereocenters. The summed E-state index contributed by atoms with van der Waals surface area (Å²) in [5, 5.41) is -0.142. The van der Waals surface area contributed by atoms with Gasteiger partial charge in [0, 0.05) is 24.0 Å². The van der Waals surface area contributed by atoms with Crippen LogP contribution in [0.5, 0.6) is 0 Å². The van der Waals surface area contributed by atoms with Gasteiger partial charge in [-0.2, -0.15) is 0 Å². The van der Waals surface area contributed by atoms with Crippen molar-refractivity contribution in [1.29, 1.82) is 0 Å². The number of benzene rings is 1. The first-order valence-corrected chi connectivity index (χ1v) is 10.5. The van der Waals surface area contributed by atoms with Crippen LogP contribution >= 0.6 is 11.8 Å². The van der Waals surface area contributed by atoms with Gasteiger partial charge < -0.3 is 4.90 Å². The van der Waals surface area contributed by atoms with Crippen molar-refractivity contribution in [2.45, 2.75) is 42.9 Å². The molecule has 1 aromatic rings. The van der Waals surface area contributed by atoms with E-state index in [1.165, 1.54) is 11.8 Å². The van der Waals surface area contributed by atoms with E-state index in [1.54, 1.807) is 11.8 Å². The van der Waals surface area contributed by atoms with Crippen LogP contribution in [0.1, 0.15) is 25.3 Å². The molecular formula is C16H24N2O3S2. The maximum absolute atomic E-state index is 12.5. The molecule has 0 saturated carbocycles. The number of thioether (sulfide) groups is 1.